The molecule has 116 valence electrons. The Labute approximate surface area is 128 Å². The first kappa shape index (κ1) is 15.8. The molecule has 0 unspecified atom stereocenters. The van der Waals surface area contributed by atoms with Gasteiger partial charge in [0, 0.05) is 47.5 Å². The molecule has 2 rings (SSSR count). The van der Waals surface area contributed by atoms with Crippen molar-refractivity contribution in [3.8, 4) is 5.75 Å². The van der Waals surface area contributed by atoms with Gasteiger partial charge in [0.25, 0.3) is 0 Å². The number of hydrogen-bond acceptors (Lipinski definition) is 3. The van der Waals surface area contributed by atoms with Crippen LogP contribution in [0, 0.1) is 0 Å². The van der Waals surface area contributed by atoms with Crippen molar-refractivity contribution < 1.29 is 13.7 Å². The molecule has 0 radical (unpaired) electrons. The maximum Gasteiger partial charge on any atom is 0.317 e. The van der Waals surface area contributed by atoms with Crippen LogP contribution in [-0.2, 0) is 23.8 Å². The lowest BCUT2D eigenvalue weighted by Gasteiger charge is -2.30. The Morgan fingerprint density at radius 3 is 2.95 bits per heavy atom. The fourth-order valence-corrected chi connectivity index (χ4v) is 2.72. The molecular formula is C15H22N2O3S. The maximum absolute atomic E-state index is 12.2. The largest absolute Gasteiger partial charge is 0.496 e. The molecule has 2 atom stereocenters. The molecule has 21 heavy (non-hydrogen) atoms. The van der Waals surface area contributed by atoms with Crippen LogP contribution < -0.4 is 10.1 Å². The molecule has 1 aromatic carbocycles. The van der Waals surface area contributed by atoms with E-state index in [-0.39, 0.29) is 11.3 Å². The van der Waals surface area contributed by atoms with Crippen LogP contribution in [0.2, 0.25) is 0 Å². The quantitative estimate of drug-likeness (QED) is 0.917. The van der Waals surface area contributed by atoms with Crippen LogP contribution in [0.4, 0.5) is 4.79 Å². The maximum atomic E-state index is 12.2. The molecule has 0 aliphatic carbocycles. The van der Waals surface area contributed by atoms with Gasteiger partial charge in [-0.15, -0.1) is 0 Å². The summed E-state index contributed by atoms with van der Waals surface area (Å²) in [6.45, 7) is 3.56. The molecule has 0 spiro atoms. The Morgan fingerprint density at radius 2 is 2.29 bits per heavy atom. The predicted octanol–water partition coefficient (Wildman–Crippen LogP) is 1.53. The summed E-state index contributed by atoms with van der Waals surface area (Å²) in [6, 6.07) is 5.83. The van der Waals surface area contributed by atoms with E-state index in [2.05, 4.69) is 5.32 Å². The Balaban J connectivity index is 1.98. The number of urea groups is 1. The summed E-state index contributed by atoms with van der Waals surface area (Å²) < 4.78 is 16.7. The molecule has 5 nitrogen and oxygen atoms in total. The van der Waals surface area contributed by atoms with Gasteiger partial charge >= 0.3 is 6.03 Å². The lowest BCUT2D eigenvalue weighted by atomic mass is 9.99. The normalized spacial score (nSPS) is 16.8. The number of ether oxygens (including phenoxy) is 1. The van der Waals surface area contributed by atoms with Crippen molar-refractivity contribution >= 4 is 16.8 Å². The standard InChI is InChI=1S/C15H22N2O3S/c1-11(21(3)19)9-16-15(18)17-8-7-13-12(10-17)5-4-6-14(13)20-2/h4-6,11H,7-10H2,1-3H3,(H,16,18)/t11-,21-/m0/s1. The Kier molecular flexibility index (Phi) is 5.22. The number of methoxy groups -OCH3 is 1. The second-order valence-electron chi connectivity index (χ2n) is 5.26. The van der Waals surface area contributed by atoms with Gasteiger partial charge in [0.1, 0.15) is 5.75 Å². The Morgan fingerprint density at radius 1 is 1.52 bits per heavy atom. The summed E-state index contributed by atoms with van der Waals surface area (Å²) in [5, 5.41) is 2.82. The average molecular weight is 310 g/mol. The van der Waals surface area contributed by atoms with Crippen molar-refractivity contribution in [2.45, 2.75) is 25.1 Å². The molecule has 1 aliphatic rings. The first-order valence-corrected chi connectivity index (χ1v) is 8.64. The molecule has 1 N–H and O–H groups in total. The molecule has 0 bridgehead atoms. The van der Waals surface area contributed by atoms with Gasteiger partial charge in [-0.1, -0.05) is 12.1 Å². The van der Waals surface area contributed by atoms with E-state index in [1.165, 1.54) is 5.56 Å². The number of rotatable bonds is 4. The van der Waals surface area contributed by atoms with Crippen LogP contribution in [-0.4, -0.2) is 46.8 Å². The number of carbonyl (C=O) groups excluding carboxylic acids is 1. The van der Waals surface area contributed by atoms with Crippen molar-refractivity contribution in [1.82, 2.24) is 10.2 Å². The highest BCUT2D eigenvalue weighted by Crippen LogP contribution is 2.27. The number of amides is 2. The molecule has 0 saturated heterocycles. The topological polar surface area (TPSA) is 58.6 Å². The van der Waals surface area contributed by atoms with E-state index in [4.69, 9.17) is 4.74 Å². The third-order valence-electron chi connectivity index (χ3n) is 3.84. The fourth-order valence-electron chi connectivity index (χ4n) is 2.40. The van der Waals surface area contributed by atoms with Gasteiger partial charge in [-0.2, -0.15) is 0 Å². The molecule has 1 aliphatic heterocycles. The third-order valence-corrected chi connectivity index (χ3v) is 5.14. The molecule has 6 heteroatoms. The first-order chi connectivity index (χ1) is 10.0. The summed E-state index contributed by atoms with van der Waals surface area (Å²) in [5.41, 5.74) is 2.31. The molecule has 2 amide bonds. The van der Waals surface area contributed by atoms with E-state index in [1.807, 2.05) is 25.1 Å². The molecule has 0 aromatic heterocycles. The highest BCUT2D eigenvalue weighted by molar-refractivity contribution is 7.84. The van der Waals surface area contributed by atoms with Crippen LogP contribution in [0.5, 0.6) is 5.75 Å². The number of carbonyl (C=O) groups is 1. The second kappa shape index (κ2) is 6.93. The third kappa shape index (κ3) is 3.75. The number of benzene rings is 1. The van der Waals surface area contributed by atoms with Crippen LogP contribution in [0.15, 0.2) is 18.2 Å². The number of nitrogens with zero attached hydrogens (tertiary/aromatic N) is 1. The predicted molar refractivity (Wildman–Crippen MR) is 84.0 cm³/mol. The van der Waals surface area contributed by atoms with Gasteiger partial charge in [-0.05, 0) is 25.0 Å². The van der Waals surface area contributed by atoms with Crippen LogP contribution in [0.3, 0.4) is 0 Å². The number of hydrogen-bond donors (Lipinski definition) is 1. The van der Waals surface area contributed by atoms with E-state index in [0.717, 1.165) is 17.7 Å². The van der Waals surface area contributed by atoms with E-state index < -0.39 is 10.8 Å². The van der Waals surface area contributed by atoms with Crippen molar-refractivity contribution in [2.75, 3.05) is 26.5 Å². The fraction of sp³-hybridized carbons (Fsp3) is 0.533. The highest BCUT2D eigenvalue weighted by atomic mass is 32.2. The van der Waals surface area contributed by atoms with Crippen molar-refractivity contribution in [3.05, 3.63) is 29.3 Å². The van der Waals surface area contributed by atoms with Gasteiger partial charge in [0.15, 0.2) is 0 Å². The lowest BCUT2D eigenvalue weighted by molar-refractivity contribution is 0.192. The summed E-state index contributed by atoms with van der Waals surface area (Å²) in [7, 11) is 0.746. The molecule has 1 heterocycles. The molecule has 0 saturated carbocycles. The zero-order chi connectivity index (χ0) is 15.4. The second-order valence-corrected chi connectivity index (χ2v) is 7.07. The minimum Gasteiger partial charge on any atom is -0.496 e. The minimum atomic E-state index is -0.922. The van der Waals surface area contributed by atoms with E-state index in [0.29, 0.717) is 19.6 Å². The average Bonchev–Trinajstić information content (AvgIpc) is 2.50. The number of fused-ring (bicyclic) bond motifs is 1. The number of nitrogens with one attached hydrogen (secondary N) is 1. The minimum absolute atomic E-state index is 0.0360. The Hall–Kier alpha value is -1.56. The van der Waals surface area contributed by atoms with Crippen molar-refractivity contribution in [2.24, 2.45) is 0 Å². The zero-order valence-corrected chi connectivity index (χ0v) is 13.5. The lowest BCUT2D eigenvalue weighted by Crippen LogP contribution is -2.45. The highest BCUT2D eigenvalue weighted by Gasteiger charge is 2.23. The molecular weight excluding hydrogens is 288 g/mol. The summed E-state index contributed by atoms with van der Waals surface area (Å²) in [5.74, 6) is 0.891. The summed E-state index contributed by atoms with van der Waals surface area (Å²) >= 11 is 0. The van der Waals surface area contributed by atoms with Crippen LogP contribution in [0.1, 0.15) is 18.1 Å². The smallest absolute Gasteiger partial charge is 0.317 e. The van der Waals surface area contributed by atoms with E-state index >= 15 is 0 Å². The van der Waals surface area contributed by atoms with Gasteiger partial charge in [0.05, 0.1) is 7.11 Å². The summed E-state index contributed by atoms with van der Waals surface area (Å²) in [4.78, 5) is 14.0. The Bertz CT molecular complexity index is 548. The van der Waals surface area contributed by atoms with Gasteiger partial charge in [-0.3, -0.25) is 4.21 Å². The van der Waals surface area contributed by atoms with Gasteiger partial charge in [0.2, 0.25) is 0 Å². The van der Waals surface area contributed by atoms with Gasteiger partial charge < -0.3 is 15.0 Å². The van der Waals surface area contributed by atoms with E-state index in [9.17, 15) is 9.00 Å². The summed E-state index contributed by atoms with van der Waals surface area (Å²) in [6.07, 6.45) is 2.45. The van der Waals surface area contributed by atoms with Crippen LogP contribution >= 0.6 is 0 Å². The SMILES string of the molecule is COc1cccc2c1CCN(C(=O)NC[C@H](C)[S@](C)=O)C2. The van der Waals surface area contributed by atoms with Crippen molar-refractivity contribution in [3.63, 3.8) is 0 Å². The first-order valence-electron chi connectivity index (χ1n) is 7.02. The molecule has 1 aromatic rings. The van der Waals surface area contributed by atoms with E-state index in [1.54, 1.807) is 18.3 Å². The zero-order valence-electron chi connectivity index (χ0n) is 12.7. The molecule has 0 fully saturated rings. The van der Waals surface area contributed by atoms with Crippen LogP contribution in [0.25, 0.3) is 0 Å². The van der Waals surface area contributed by atoms with Gasteiger partial charge in [-0.25, -0.2) is 4.79 Å². The van der Waals surface area contributed by atoms with Crippen molar-refractivity contribution in [1.29, 1.82) is 0 Å². The monoisotopic (exact) mass is 310 g/mol.